The first kappa shape index (κ1) is 25.8. The van der Waals surface area contributed by atoms with Crippen molar-refractivity contribution in [2.24, 2.45) is 0 Å². The van der Waals surface area contributed by atoms with Crippen LogP contribution in [0.3, 0.4) is 0 Å². The fourth-order valence-corrected chi connectivity index (χ4v) is 3.47. The topological polar surface area (TPSA) is 113 Å². The van der Waals surface area contributed by atoms with Gasteiger partial charge in [0.25, 0.3) is 5.91 Å². The molecular formula is C26H24F3N5O3. The van der Waals surface area contributed by atoms with Crippen LogP contribution in [0.4, 0.5) is 19.0 Å². The van der Waals surface area contributed by atoms with E-state index in [0.29, 0.717) is 12.2 Å². The second-order valence-electron chi connectivity index (χ2n) is 8.97. The molecule has 1 amide bonds. The molecule has 2 aromatic carbocycles. The summed E-state index contributed by atoms with van der Waals surface area (Å²) in [5, 5.41) is 20.2. The predicted octanol–water partition coefficient (Wildman–Crippen LogP) is 4.88. The van der Waals surface area contributed by atoms with Crippen molar-refractivity contribution in [2.45, 2.75) is 32.0 Å². The van der Waals surface area contributed by atoms with E-state index < -0.39 is 23.2 Å². The molecule has 0 radical (unpaired) electrons. The number of carbonyl (C=O) groups is 1. The summed E-state index contributed by atoms with van der Waals surface area (Å²) in [6, 6.07) is 15.6. The number of carbonyl (C=O) groups excluding carboxylic acids is 1. The van der Waals surface area contributed by atoms with Crippen LogP contribution in [0, 0.1) is 0 Å². The highest BCUT2D eigenvalue weighted by molar-refractivity contribution is 6.01. The Balaban J connectivity index is 1.55. The molecule has 2 heterocycles. The Hall–Kier alpha value is -4.25. The second-order valence-corrected chi connectivity index (χ2v) is 8.97. The highest BCUT2D eigenvalue weighted by atomic mass is 19.4. The molecule has 0 aliphatic carbocycles. The van der Waals surface area contributed by atoms with Crippen LogP contribution in [-0.2, 0) is 12.6 Å². The molecule has 192 valence electrons. The summed E-state index contributed by atoms with van der Waals surface area (Å²) in [6.07, 6.45) is -2.90. The Morgan fingerprint density at radius 3 is 2.51 bits per heavy atom. The minimum Gasteiger partial charge on any atom is -0.491 e. The van der Waals surface area contributed by atoms with Gasteiger partial charge in [-0.1, -0.05) is 30.3 Å². The summed E-state index contributed by atoms with van der Waals surface area (Å²) >= 11 is 0. The molecular weight excluding hydrogens is 487 g/mol. The molecule has 0 spiro atoms. The van der Waals surface area contributed by atoms with Crippen LogP contribution in [0.15, 0.2) is 66.9 Å². The summed E-state index contributed by atoms with van der Waals surface area (Å²) in [4.78, 5) is 19.6. The van der Waals surface area contributed by atoms with Crippen LogP contribution in [0.2, 0.25) is 0 Å². The number of amides is 1. The third-order valence-electron chi connectivity index (χ3n) is 5.16. The number of nitrogens with zero attached hydrogens (tertiary/aromatic N) is 3. The van der Waals surface area contributed by atoms with Crippen LogP contribution >= 0.6 is 0 Å². The summed E-state index contributed by atoms with van der Waals surface area (Å²) in [6.45, 7) is 2.93. The van der Waals surface area contributed by atoms with Gasteiger partial charge in [-0.25, -0.2) is 4.98 Å². The van der Waals surface area contributed by atoms with Gasteiger partial charge >= 0.3 is 6.18 Å². The van der Waals surface area contributed by atoms with E-state index in [2.05, 4.69) is 25.5 Å². The molecule has 37 heavy (non-hydrogen) atoms. The van der Waals surface area contributed by atoms with Gasteiger partial charge in [-0.15, -0.1) is 10.2 Å². The van der Waals surface area contributed by atoms with E-state index in [9.17, 15) is 23.1 Å². The largest absolute Gasteiger partial charge is 0.491 e. The van der Waals surface area contributed by atoms with E-state index in [1.807, 2.05) is 30.3 Å². The number of pyridine rings is 1. The first-order chi connectivity index (χ1) is 17.5. The van der Waals surface area contributed by atoms with Gasteiger partial charge in [0.05, 0.1) is 11.2 Å². The molecule has 2 aromatic heterocycles. The number of aromatic nitrogens is 4. The monoisotopic (exact) mass is 511 g/mol. The van der Waals surface area contributed by atoms with Crippen LogP contribution in [0.1, 0.15) is 41.4 Å². The van der Waals surface area contributed by atoms with Crippen molar-refractivity contribution in [2.75, 3.05) is 11.9 Å². The normalized spacial score (nSPS) is 11.8. The number of halogens is 3. The van der Waals surface area contributed by atoms with Gasteiger partial charge in [0.2, 0.25) is 5.82 Å². The zero-order valence-electron chi connectivity index (χ0n) is 20.0. The summed E-state index contributed by atoms with van der Waals surface area (Å²) in [5.41, 5.74) is -1.07. The lowest BCUT2D eigenvalue weighted by molar-refractivity contribution is -0.137. The standard InChI is InChI=1S/C26H24F3N5O3/c1-25(2,36)15-37-18-8-9-20(26(27,28)29)19(14-18)17-10-11-30-21(13-17)32-24(35)23-31-22(33-34-23)12-16-6-4-3-5-7-16/h3-11,13-14,36H,12,15H2,1-2H3,(H,30,32,35)(H,31,33,34). The van der Waals surface area contributed by atoms with E-state index in [1.165, 1.54) is 44.3 Å². The molecule has 11 heteroatoms. The van der Waals surface area contributed by atoms with Gasteiger partial charge in [-0.2, -0.15) is 13.2 Å². The van der Waals surface area contributed by atoms with Crippen molar-refractivity contribution in [1.29, 1.82) is 0 Å². The van der Waals surface area contributed by atoms with Gasteiger partial charge in [0.15, 0.2) is 0 Å². The van der Waals surface area contributed by atoms with Gasteiger partial charge in [-0.05, 0) is 60.9 Å². The highest BCUT2D eigenvalue weighted by Gasteiger charge is 2.34. The lowest BCUT2D eigenvalue weighted by Gasteiger charge is -2.19. The minimum atomic E-state index is -4.63. The number of rotatable bonds is 8. The minimum absolute atomic E-state index is 0.0273. The molecule has 3 N–H and O–H groups in total. The van der Waals surface area contributed by atoms with Crippen LogP contribution < -0.4 is 10.1 Å². The molecule has 0 saturated carbocycles. The van der Waals surface area contributed by atoms with Crippen molar-refractivity contribution >= 4 is 11.7 Å². The number of hydrogen-bond donors (Lipinski definition) is 3. The number of H-pyrrole nitrogens is 1. The number of alkyl halides is 3. The molecule has 0 aliphatic rings. The van der Waals surface area contributed by atoms with E-state index in [0.717, 1.165) is 11.6 Å². The molecule has 4 aromatic rings. The third-order valence-corrected chi connectivity index (χ3v) is 5.16. The Bertz CT molecular complexity index is 1380. The van der Waals surface area contributed by atoms with E-state index in [-0.39, 0.29) is 35.1 Å². The number of nitrogens with one attached hydrogen (secondary N) is 2. The first-order valence-electron chi connectivity index (χ1n) is 11.3. The number of aliphatic hydroxyl groups is 1. The van der Waals surface area contributed by atoms with Crippen LogP contribution in [0.5, 0.6) is 5.75 Å². The van der Waals surface area contributed by atoms with Crippen LogP contribution in [-0.4, -0.2) is 43.4 Å². The zero-order valence-corrected chi connectivity index (χ0v) is 20.0. The molecule has 0 bridgehead atoms. The first-order valence-corrected chi connectivity index (χ1v) is 11.3. The lowest BCUT2D eigenvalue weighted by Crippen LogP contribution is -2.27. The average molecular weight is 512 g/mol. The van der Waals surface area contributed by atoms with Gasteiger partial charge in [-0.3, -0.25) is 4.79 Å². The molecule has 0 aliphatic heterocycles. The summed E-state index contributed by atoms with van der Waals surface area (Å²) in [5.74, 6) is -0.0405. The van der Waals surface area contributed by atoms with Gasteiger partial charge in [0.1, 0.15) is 24.0 Å². The molecule has 0 saturated heterocycles. The number of hydrogen-bond acceptors (Lipinski definition) is 6. The number of benzene rings is 2. The van der Waals surface area contributed by atoms with E-state index in [1.54, 1.807) is 0 Å². The van der Waals surface area contributed by atoms with Gasteiger partial charge in [0, 0.05) is 12.6 Å². The smallest absolute Gasteiger partial charge is 0.417 e. The average Bonchev–Trinajstić information content (AvgIpc) is 3.31. The Kier molecular flexibility index (Phi) is 7.25. The second kappa shape index (κ2) is 10.4. The van der Waals surface area contributed by atoms with E-state index >= 15 is 0 Å². The molecule has 4 rings (SSSR count). The SMILES string of the molecule is CC(C)(O)COc1ccc(C(F)(F)F)c(-c2ccnc(NC(=O)c3nnc(Cc4ccccc4)[nH]3)c2)c1. The third kappa shape index (κ3) is 6.91. The zero-order chi connectivity index (χ0) is 26.6. The Morgan fingerprint density at radius 1 is 1.05 bits per heavy atom. The number of aromatic amines is 1. The van der Waals surface area contributed by atoms with Crippen LogP contribution in [0.25, 0.3) is 11.1 Å². The van der Waals surface area contributed by atoms with E-state index in [4.69, 9.17) is 4.74 Å². The molecule has 0 atom stereocenters. The molecule has 0 fully saturated rings. The van der Waals surface area contributed by atoms with Crippen molar-refractivity contribution in [3.05, 3.63) is 89.6 Å². The number of anilines is 1. The lowest BCUT2D eigenvalue weighted by atomic mass is 9.99. The molecule has 8 nitrogen and oxygen atoms in total. The maximum atomic E-state index is 13.7. The molecule has 0 unspecified atom stereocenters. The van der Waals surface area contributed by atoms with Crippen molar-refractivity contribution in [1.82, 2.24) is 20.2 Å². The summed E-state index contributed by atoms with van der Waals surface area (Å²) < 4.78 is 46.7. The summed E-state index contributed by atoms with van der Waals surface area (Å²) in [7, 11) is 0. The maximum Gasteiger partial charge on any atom is 0.417 e. The maximum absolute atomic E-state index is 13.7. The van der Waals surface area contributed by atoms with Crippen molar-refractivity contribution in [3.63, 3.8) is 0 Å². The quantitative estimate of drug-likeness (QED) is 0.311. The fourth-order valence-electron chi connectivity index (χ4n) is 3.47. The highest BCUT2D eigenvalue weighted by Crippen LogP contribution is 2.39. The Labute approximate surface area is 210 Å². The number of ether oxygens (including phenoxy) is 1. The Morgan fingerprint density at radius 2 is 1.81 bits per heavy atom. The van der Waals surface area contributed by atoms with Gasteiger partial charge < -0.3 is 20.1 Å². The van der Waals surface area contributed by atoms with Crippen molar-refractivity contribution in [3.8, 4) is 16.9 Å². The predicted molar refractivity (Wildman–Crippen MR) is 130 cm³/mol. The fraction of sp³-hybridized carbons (Fsp3) is 0.231. The van der Waals surface area contributed by atoms with Crippen molar-refractivity contribution < 1.29 is 27.8 Å².